The van der Waals surface area contributed by atoms with Crippen molar-refractivity contribution in [3.05, 3.63) is 40.7 Å². The molecule has 3 rings (SSSR count). The van der Waals surface area contributed by atoms with Crippen molar-refractivity contribution in [1.82, 2.24) is 19.3 Å². The lowest BCUT2D eigenvalue weighted by Crippen LogP contribution is -2.50. The maximum atomic E-state index is 12.6. The van der Waals surface area contributed by atoms with Gasteiger partial charge in [0.15, 0.2) is 5.69 Å². The van der Waals surface area contributed by atoms with E-state index in [4.69, 9.17) is 17.3 Å². The smallest absolute Gasteiger partial charge is 0.270 e. The van der Waals surface area contributed by atoms with Crippen LogP contribution in [0.5, 0.6) is 0 Å². The molecule has 1 aliphatic heterocycles. The van der Waals surface area contributed by atoms with Crippen LogP contribution in [0.4, 0.5) is 0 Å². The van der Waals surface area contributed by atoms with Crippen molar-refractivity contribution in [2.24, 2.45) is 5.73 Å². The van der Waals surface area contributed by atoms with E-state index in [-0.39, 0.29) is 29.7 Å². The number of amides is 1. The number of primary amides is 1. The Morgan fingerprint density at radius 1 is 1.39 bits per heavy atom. The van der Waals surface area contributed by atoms with Crippen LogP contribution in [0.15, 0.2) is 29.3 Å². The first-order valence-electron chi connectivity index (χ1n) is 6.77. The molecule has 0 spiro atoms. The minimum Gasteiger partial charge on any atom is -0.364 e. The van der Waals surface area contributed by atoms with E-state index in [1.807, 2.05) is 0 Å². The number of halogens is 1. The molecule has 0 saturated carbocycles. The van der Waals surface area contributed by atoms with Gasteiger partial charge in [-0.25, -0.2) is 13.1 Å². The van der Waals surface area contributed by atoms with Gasteiger partial charge in [0.25, 0.3) is 5.91 Å². The quantitative estimate of drug-likeness (QED) is 0.862. The van der Waals surface area contributed by atoms with E-state index < -0.39 is 15.9 Å². The molecule has 10 heteroatoms. The third-order valence-electron chi connectivity index (χ3n) is 3.73. The molecule has 0 atom stereocenters. The van der Waals surface area contributed by atoms with Crippen LogP contribution in [0.25, 0.3) is 0 Å². The molecule has 1 amide bonds. The minimum atomic E-state index is -3.61. The summed E-state index contributed by atoms with van der Waals surface area (Å²) in [5, 5.41) is 7.82. The number of hydrogen-bond donors (Lipinski definition) is 1. The highest BCUT2D eigenvalue weighted by Crippen LogP contribution is 2.30. The molecule has 1 aromatic heterocycles. The van der Waals surface area contributed by atoms with Crippen LogP contribution < -0.4 is 5.73 Å². The minimum absolute atomic E-state index is 0.0528. The highest BCUT2D eigenvalue weighted by atomic mass is 35.5. The van der Waals surface area contributed by atoms with Crippen LogP contribution in [-0.2, 0) is 10.0 Å². The molecule has 1 fully saturated rings. The maximum absolute atomic E-state index is 12.6. The number of nitrogens with two attached hydrogens (primary N) is 1. The van der Waals surface area contributed by atoms with E-state index in [0.717, 1.165) is 0 Å². The fraction of sp³-hybridized carbons (Fsp3) is 0.308. The van der Waals surface area contributed by atoms with Gasteiger partial charge >= 0.3 is 0 Å². The van der Waals surface area contributed by atoms with E-state index >= 15 is 0 Å². The summed E-state index contributed by atoms with van der Waals surface area (Å²) in [5.74, 6) is -0.672. The van der Waals surface area contributed by atoms with E-state index in [1.165, 1.54) is 21.3 Å². The van der Waals surface area contributed by atoms with Crippen LogP contribution in [0, 0.1) is 6.92 Å². The van der Waals surface area contributed by atoms with E-state index in [1.54, 1.807) is 19.1 Å². The summed E-state index contributed by atoms with van der Waals surface area (Å²) in [4.78, 5) is 11.2. The van der Waals surface area contributed by atoms with Crippen molar-refractivity contribution in [2.75, 3.05) is 13.1 Å². The molecule has 0 bridgehead atoms. The van der Waals surface area contributed by atoms with E-state index in [0.29, 0.717) is 10.6 Å². The van der Waals surface area contributed by atoms with Crippen molar-refractivity contribution in [3.63, 3.8) is 0 Å². The third kappa shape index (κ3) is 2.82. The van der Waals surface area contributed by atoms with Crippen LogP contribution in [-0.4, -0.2) is 46.7 Å². The first kappa shape index (κ1) is 15.9. The Bertz CT molecular complexity index is 873. The fourth-order valence-corrected chi connectivity index (χ4v) is 4.34. The largest absolute Gasteiger partial charge is 0.364 e. The van der Waals surface area contributed by atoms with E-state index in [2.05, 4.69) is 10.3 Å². The molecule has 1 aromatic carbocycles. The number of carbonyl (C=O) groups excluding carboxylic acids is 1. The van der Waals surface area contributed by atoms with Crippen molar-refractivity contribution >= 4 is 27.5 Å². The molecular formula is C13H14ClN5O3S. The Balaban J connectivity index is 1.77. The lowest BCUT2D eigenvalue weighted by molar-refractivity contribution is 0.0995. The van der Waals surface area contributed by atoms with Crippen molar-refractivity contribution in [1.29, 1.82) is 0 Å². The van der Waals surface area contributed by atoms with Gasteiger partial charge in [-0.15, -0.1) is 5.10 Å². The monoisotopic (exact) mass is 355 g/mol. The Kier molecular flexibility index (Phi) is 3.86. The molecule has 0 unspecified atom stereocenters. The standard InChI is InChI=1S/C13H14ClN5O3S/c1-8-2-3-9(14)4-12(8)23(21,22)18-5-10(6-18)19-7-11(13(15)20)16-17-19/h2-4,7,10H,5-6H2,1H3,(H2,15,20). The number of aryl methyl sites for hydroxylation is 1. The lowest BCUT2D eigenvalue weighted by atomic mass is 10.2. The second-order valence-corrected chi connectivity index (χ2v) is 7.68. The lowest BCUT2D eigenvalue weighted by Gasteiger charge is -2.37. The molecular weight excluding hydrogens is 342 g/mol. The highest BCUT2D eigenvalue weighted by molar-refractivity contribution is 7.89. The molecule has 2 heterocycles. The van der Waals surface area contributed by atoms with Gasteiger partial charge in [0, 0.05) is 18.1 Å². The molecule has 0 aliphatic carbocycles. The molecule has 2 N–H and O–H groups in total. The summed E-state index contributed by atoms with van der Waals surface area (Å²) in [5.41, 5.74) is 5.80. The number of aromatic nitrogens is 3. The third-order valence-corrected chi connectivity index (χ3v) is 5.94. The zero-order chi connectivity index (χ0) is 16.8. The number of nitrogens with zero attached hydrogens (tertiary/aromatic N) is 4. The van der Waals surface area contributed by atoms with Gasteiger partial charge < -0.3 is 5.73 Å². The summed E-state index contributed by atoms with van der Waals surface area (Å²) in [6.07, 6.45) is 1.42. The summed E-state index contributed by atoms with van der Waals surface area (Å²) in [6.45, 7) is 2.21. The van der Waals surface area contributed by atoms with Gasteiger partial charge in [-0.3, -0.25) is 4.79 Å². The Morgan fingerprint density at radius 3 is 2.70 bits per heavy atom. The molecule has 2 aromatic rings. The predicted octanol–water partition coefficient (Wildman–Crippen LogP) is 0.584. The van der Waals surface area contributed by atoms with Gasteiger partial charge in [0.2, 0.25) is 10.0 Å². The Morgan fingerprint density at radius 2 is 2.09 bits per heavy atom. The average molecular weight is 356 g/mol. The molecule has 0 radical (unpaired) electrons. The molecule has 8 nitrogen and oxygen atoms in total. The number of sulfonamides is 1. The first-order valence-corrected chi connectivity index (χ1v) is 8.59. The number of benzene rings is 1. The summed E-state index contributed by atoms with van der Waals surface area (Å²) >= 11 is 5.90. The normalized spacial score (nSPS) is 16.3. The van der Waals surface area contributed by atoms with Gasteiger partial charge in [-0.1, -0.05) is 22.9 Å². The van der Waals surface area contributed by atoms with Gasteiger partial charge in [0.05, 0.1) is 17.1 Å². The van der Waals surface area contributed by atoms with Crippen LogP contribution in [0.2, 0.25) is 5.02 Å². The van der Waals surface area contributed by atoms with Crippen molar-refractivity contribution in [2.45, 2.75) is 17.9 Å². The summed E-state index contributed by atoms with van der Waals surface area (Å²) < 4.78 is 28.0. The summed E-state index contributed by atoms with van der Waals surface area (Å²) in [7, 11) is -3.61. The Hall–Kier alpha value is -1.97. The van der Waals surface area contributed by atoms with Crippen molar-refractivity contribution in [3.8, 4) is 0 Å². The van der Waals surface area contributed by atoms with Gasteiger partial charge in [0.1, 0.15) is 0 Å². The SMILES string of the molecule is Cc1ccc(Cl)cc1S(=O)(=O)N1CC(n2cc(C(N)=O)nn2)C1. The van der Waals surface area contributed by atoms with Crippen molar-refractivity contribution < 1.29 is 13.2 Å². The highest BCUT2D eigenvalue weighted by Gasteiger charge is 2.39. The zero-order valence-electron chi connectivity index (χ0n) is 12.2. The van der Waals surface area contributed by atoms with Crippen LogP contribution in [0.1, 0.15) is 22.1 Å². The number of hydrogen-bond acceptors (Lipinski definition) is 5. The average Bonchev–Trinajstić information content (AvgIpc) is 2.89. The van der Waals surface area contributed by atoms with E-state index in [9.17, 15) is 13.2 Å². The predicted molar refractivity (Wildman–Crippen MR) is 82.5 cm³/mol. The van der Waals surface area contributed by atoms with Crippen LogP contribution >= 0.6 is 11.6 Å². The van der Waals surface area contributed by atoms with Crippen LogP contribution in [0.3, 0.4) is 0 Å². The second kappa shape index (κ2) is 5.59. The van der Waals surface area contributed by atoms with Gasteiger partial charge in [-0.05, 0) is 24.6 Å². The first-order chi connectivity index (χ1) is 10.8. The second-order valence-electron chi connectivity index (χ2n) is 5.33. The van der Waals surface area contributed by atoms with Gasteiger partial charge in [-0.2, -0.15) is 4.31 Å². The topological polar surface area (TPSA) is 111 Å². The molecule has 122 valence electrons. The molecule has 23 heavy (non-hydrogen) atoms. The molecule has 1 saturated heterocycles. The number of rotatable bonds is 4. The summed E-state index contributed by atoms with van der Waals surface area (Å²) in [6, 6.07) is 4.59. The maximum Gasteiger partial charge on any atom is 0.270 e. The molecule has 1 aliphatic rings. The Labute approximate surface area is 137 Å². The fourth-order valence-electron chi connectivity index (χ4n) is 2.34. The zero-order valence-corrected chi connectivity index (χ0v) is 13.8. The number of carbonyl (C=O) groups is 1.